The second kappa shape index (κ2) is 8.52. The van der Waals surface area contributed by atoms with Gasteiger partial charge in [0.15, 0.2) is 0 Å². The maximum Gasteiger partial charge on any atom is 0.410 e. The molecule has 5 nitrogen and oxygen atoms in total. The molecule has 1 aliphatic heterocycles. The molecule has 26 heavy (non-hydrogen) atoms. The lowest BCUT2D eigenvalue weighted by Crippen LogP contribution is -2.47. The third kappa shape index (κ3) is 4.63. The average Bonchev–Trinajstić information content (AvgIpc) is 2.67. The summed E-state index contributed by atoms with van der Waals surface area (Å²) in [6.07, 6.45) is 1.09. The molecule has 2 aromatic carbocycles. The summed E-state index contributed by atoms with van der Waals surface area (Å²) in [4.78, 5) is 25.9. The van der Waals surface area contributed by atoms with Gasteiger partial charge in [0.05, 0.1) is 6.04 Å². The molecule has 136 valence electrons. The van der Waals surface area contributed by atoms with Gasteiger partial charge in [-0.25, -0.2) is 4.79 Å². The Bertz CT molecular complexity index is 733. The number of amides is 2. The minimum Gasteiger partial charge on any atom is -0.445 e. The van der Waals surface area contributed by atoms with Crippen LogP contribution in [-0.4, -0.2) is 29.5 Å². The lowest BCUT2D eigenvalue weighted by atomic mass is 9.92. The molecule has 1 aliphatic rings. The van der Waals surface area contributed by atoms with Gasteiger partial charge in [0, 0.05) is 19.5 Å². The Hall–Kier alpha value is -2.82. The SMILES string of the molecule is CC(=O)NC1CCN(C(=O)OCc2ccccc2)C(c2ccccc2)C1. The number of rotatable bonds is 4. The van der Waals surface area contributed by atoms with Crippen LogP contribution in [0.1, 0.15) is 36.9 Å². The molecule has 2 amide bonds. The molecule has 5 heteroatoms. The van der Waals surface area contributed by atoms with Crippen LogP contribution in [0.3, 0.4) is 0 Å². The average molecular weight is 352 g/mol. The first-order chi connectivity index (χ1) is 12.6. The van der Waals surface area contributed by atoms with E-state index in [2.05, 4.69) is 5.32 Å². The van der Waals surface area contributed by atoms with Crippen LogP contribution in [0.15, 0.2) is 60.7 Å². The van der Waals surface area contributed by atoms with E-state index in [1.54, 1.807) is 4.90 Å². The zero-order valence-corrected chi connectivity index (χ0v) is 14.9. The summed E-state index contributed by atoms with van der Waals surface area (Å²) < 4.78 is 5.54. The van der Waals surface area contributed by atoms with Gasteiger partial charge >= 0.3 is 6.09 Å². The monoisotopic (exact) mass is 352 g/mol. The van der Waals surface area contributed by atoms with Gasteiger partial charge in [-0.05, 0) is 24.0 Å². The number of nitrogens with zero attached hydrogens (tertiary/aromatic N) is 1. The van der Waals surface area contributed by atoms with Gasteiger partial charge in [-0.1, -0.05) is 60.7 Å². The third-order valence-corrected chi connectivity index (χ3v) is 4.63. The van der Waals surface area contributed by atoms with Crippen molar-refractivity contribution in [3.63, 3.8) is 0 Å². The number of carbonyl (C=O) groups excluding carboxylic acids is 2. The van der Waals surface area contributed by atoms with Gasteiger partial charge in [0.25, 0.3) is 0 Å². The smallest absolute Gasteiger partial charge is 0.410 e. The van der Waals surface area contributed by atoms with E-state index in [1.165, 1.54) is 6.92 Å². The van der Waals surface area contributed by atoms with Gasteiger partial charge < -0.3 is 15.0 Å². The van der Waals surface area contributed by atoms with Gasteiger partial charge in [-0.3, -0.25) is 4.79 Å². The van der Waals surface area contributed by atoms with Gasteiger partial charge in [-0.2, -0.15) is 0 Å². The van der Waals surface area contributed by atoms with Crippen LogP contribution in [0.25, 0.3) is 0 Å². The highest BCUT2D eigenvalue weighted by molar-refractivity contribution is 5.73. The number of piperidine rings is 1. The fourth-order valence-corrected chi connectivity index (χ4v) is 3.40. The van der Waals surface area contributed by atoms with Crippen molar-refractivity contribution in [2.45, 2.75) is 38.5 Å². The fraction of sp³-hybridized carbons (Fsp3) is 0.333. The third-order valence-electron chi connectivity index (χ3n) is 4.63. The van der Waals surface area contributed by atoms with E-state index in [0.29, 0.717) is 13.0 Å². The number of carbonyl (C=O) groups is 2. The lowest BCUT2D eigenvalue weighted by molar-refractivity contribution is -0.120. The molecule has 0 bridgehead atoms. The summed E-state index contributed by atoms with van der Waals surface area (Å²) in [7, 11) is 0. The Kier molecular flexibility index (Phi) is 5.89. The minimum atomic E-state index is -0.316. The quantitative estimate of drug-likeness (QED) is 0.913. The summed E-state index contributed by atoms with van der Waals surface area (Å²) in [5.41, 5.74) is 2.02. The number of hydrogen-bond acceptors (Lipinski definition) is 3. The van der Waals surface area contributed by atoms with Crippen molar-refractivity contribution < 1.29 is 14.3 Å². The molecule has 3 rings (SSSR count). The van der Waals surface area contributed by atoms with Crippen LogP contribution in [0.2, 0.25) is 0 Å². The number of nitrogens with one attached hydrogen (secondary N) is 1. The highest BCUT2D eigenvalue weighted by atomic mass is 16.6. The van der Waals surface area contributed by atoms with Crippen LogP contribution in [0.5, 0.6) is 0 Å². The molecule has 2 unspecified atom stereocenters. The van der Waals surface area contributed by atoms with Crippen molar-refractivity contribution in [3.05, 3.63) is 71.8 Å². The van der Waals surface area contributed by atoms with E-state index in [-0.39, 0.29) is 30.7 Å². The van der Waals surface area contributed by atoms with E-state index < -0.39 is 0 Å². The summed E-state index contributed by atoms with van der Waals surface area (Å²) >= 11 is 0. The molecule has 2 aromatic rings. The standard InChI is InChI=1S/C21H24N2O3/c1-16(24)22-19-12-13-23(20(14-19)18-10-6-3-7-11-18)21(25)26-15-17-8-4-2-5-9-17/h2-11,19-20H,12-15H2,1H3,(H,22,24). The van der Waals surface area contributed by atoms with Crippen LogP contribution in [0.4, 0.5) is 4.79 Å². The second-order valence-corrected chi connectivity index (χ2v) is 6.58. The Morgan fingerprint density at radius 3 is 2.38 bits per heavy atom. The summed E-state index contributed by atoms with van der Waals surface area (Å²) in [6.45, 7) is 2.34. The Labute approximate surface area is 154 Å². The number of likely N-dealkylation sites (tertiary alicyclic amines) is 1. The highest BCUT2D eigenvalue weighted by Crippen LogP contribution is 2.31. The lowest BCUT2D eigenvalue weighted by Gasteiger charge is -2.39. The molecule has 0 aliphatic carbocycles. The molecule has 1 heterocycles. The largest absolute Gasteiger partial charge is 0.445 e. The second-order valence-electron chi connectivity index (χ2n) is 6.58. The van der Waals surface area contributed by atoms with Crippen LogP contribution in [0, 0.1) is 0 Å². The van der Waals surface area contributed by atoms with Gasteiger partial charge in [0.2, 0.25) is 5.91 Å². The van der Waals surface area contributed by atoms with Crippen molar-refractivity contribution in [2.24, 2.45) is 0 Å². The molecule has 0 spiro atoms. The predicted molar refractivity (Wildman–Crippen MR) is 99.4 cm³/mol. The van der Waals surface area contributed by atoms with Crippen molar-refractivity contribution >= 4 is 12.0 Å². The van der Waals surface area contributed by atoms with Crippen LogP contribution >= 0.6 is 0 Å². The Balaban J connectivity index is 1.71. The summed E-state index contributed by atoms with van der Waals surface area (Å²) in [5.74, 6) is -0.0399. The Morgan fingerprint density at radius 2 is 1.73 bits per heavy atom. The zero-order chi connectivity index (χ0) is 18.4. The summed E-state index contributed by atoms with van der Waals surface area (Å²) in [5, 5.41) is 2.98. The van der Waals surface area contributed by atoms with Crippen molar-refractivity contribution in [1.29, 1.82) is 0 Å². The molecular weight excluding hydrogens is 328 g/mol. The number of hydrogen-bond donors (Lipinski definition) is 1. The molecule has 0 radical (unpaired) electrons. The molecular formula is C21H24N2O3. The normalized spacial score (nSPS) is 19.7. The maximum absolute atomic E-state index is 12.7. The zero-order valence-electron chi connectivity index (χ0n) is 14.9. The highest BCUT2D eigenvalue weighted by Gasteiger charge is 2.33. The van der Waals surface area contributed by atoms with E-state index in [4.69, 9.17) is 4.74 Å². The topological polar surface area (TPSA) is 58.6 Å². The molecule has 1 N–H and O–H groups in total. The van der Waals surface area contributed by atoms with Crippen molar-refractivity contribution in [1.82, 2.24) is 10.2 Å². The van der Waals surface area contributed by atoms with Crippen molar-refractivity contribution in [2.75, 3.05) is 6.54 Å². The first-order valence-corrected chi connectivity index (χ1v) is 8.93. The molecule has 2 atom stereocenters. The van der Waals surface area contributed by atoms with Crippen molar-refractivity contribution in [3.8, 4) is 0 Å². The first-order valence-electron chi connectivity index (χ1n) is 8.93. The van der Waals surface area contributed by atoms with E-state index in [9.17, 15) is 9.59 Å². The fourth-order valence-electron chi connectivity index (χ4n) is 3.40. The van der Waals surface area contributed by atoms with Gasteiger partial charge in [-0.15, -0.1) is 0 Å². The first kappa shape index (κ1) is 18.0. The Morgan fingerprint density at radius 1 is 1.08 bits per heavy atom. The molecule has 1 fully saturated rings. The molecule has 0 aromatic heterocycles. The van der Waals surface area contributed by atoms with Crippen LogP contribution < -0.4 is 5.32 Å². The van der Waals surface area contributed by atoms with Gasteiger partial charge in [0.1, 0.15) is 6.61 Å². The number of benzene rings is 2. The minimum absolute atomic E-state index is 0.0399. The molecule has 0 saturated carbocycles. The van der Waals surface area contributed by atoms with E-state index in [0.717, 1.165) is 17.5 Å². The number of ether oxygens (including phenoxy) is 1. The van der Waals surface area contributed by atoms with E-state index >= 15 is 0 Å². The summed E-state index contributed by atoms with van der Waals surface area (Å²) in [6, 6.07) is 19.5. The predicted octanol–water partition coefficient (Wildman–Crippen LogP) is 3.67. The molecule has 1 saturated heterocycles. The van der Waals surface area contributed by atoms with E-state index in [1.807, 2.05) is 60.7 Å². The van der Waals surface area contributed by atoms with Crippen LogP contribution in [-0.2, 0) is 16.1 Å². The maximum atomic E-state index is 12.7.